The Hall–Kier alpha value is -3.16. The Labute approximate surface area is 169 Å². The van der Waals surface area contributed by atoms with Crippen LogP contribution in [0.2, 0.25) is 0 Å². The van der Waals surface area contributed by atoms with E-state index in [2.05, 4.69) is 15.3 Å². The highest BCUT2D eigenvalue weighted by Gasteiger charge is 2.17. The number of rotatable bonds is 6. The summed E-state index contributed by atoms with van der Waals surface area (Å²) in [4.78, 5) is 8.86. The largest absolute Gasteiger partial charge is 0.488 e. The lowest BCUT2D eigenvalue weighted by Gasteiger charge is -2.24. The number of anilines is 3. The van der Waals surface area contributed by atoms with Crippen LogP contribution in [-0.2, 0) is 11.3 Å². The standard InChI is InChI=1S/C22H24N4O3/c23-19-13-16(4-5-21(19)29-18-7-10-28-11-8-18)20-6-9-24-22(26-20)25-17-3-1-2-15(12-17)14-27/h1-6,9,12-13,18,27H,7-8,10-11,14,23H2,(H,24,25,26). The summed E-state index contributed by atoms with van der Waals surface area (Å²) in [6.07, 6.45) is 3.59. The number of aromatic nitrogens is 2. The van der Waals surface area contributed by atoms with Gasteiger partial charge in [0, 0.05) is 30.3 Å². The number of nitrogens with two attached hydrogens (primary N) is 1. The van der Waals surface area contributed by atoms with Crippen LogP contribution >= 0.6 is 0 Å². The van der Waals surface area contributed by atoms with Crippen LogP contribution in [0.3, 0.4) is 0 Å². The first-order valence-electron chi connectivity index (χ1n) is 9.65. The number of hydrogen-bond donors (Lipinski definition) is 3. The number of hydrogen-bond acceptors (Lipinski definition) is 7. The van der Waals surface area contributed by atoms with E-state index < -0.39 is 0 Å². The molecule has 4 N–H and O–H groups in total. The summed E-state index contributed by atoms with van der Waals surface area (Å²) >= 11 is 0. The van der Waals surface area contributed by atoms with Crippen molar-refractivity contribution < 1.29 is 14.6 Å². The Kier molecular flexibility index (Phi) is 5.88. The van der Waals surface area contributed by atoms with Gasteiger partial charge in [-0.2, -0.15) is 0 Å². The molecule has 7 heteroatoms. The highest BCUT2D eigenvalue weighted by atomic mass is 16.5. The van der Waals surface area contributed by atoms with E-state index in [1.807, 2.05) is 48.5 Å². The number of aliphatic hydroxyl groups is 1. The third kappa shape index (κ3) is 4.82. The average Bonchev–Trinajstić information content (AvgIpc) is 2.76. The fourth-order valence-corrected chi connectivity index (χ4v) is 3.24. The van der Waals surface area contributed by atoms with E-state index in [-0.39, 0.29) is 12.7 Å². The predicted molar refractivity (Wildman–Crippen MR) is 112 cm³/mol. The van der Waals surface area contributed by atoms with Crippen LogP contribution in [0.4, 0.5) is 17.3 Å². The first kappa shape index (κ1) is 19.2. The van der Waals surface area contributed by atoms with Crippen molar-refractivity contribution in [3.63, 3.8) is 0 Å². The van der Waals surface area contributed by atoms with E-state index in [1.54, 1.807) is 6.20 Å². The van der Waals surface area contributed by atoms with E-state index in [0.717, 1.165) is 48.6 Å². The molecule has 0 bridgehead atoms. The van der Waals surface area contributed by atoms with Crippen molar-refractivity contribution in [3.05, 3.63) is 60.3 Å². The third-order valence-corrected chi connectivity index (χ3v) is 4.79. The highest BCUT2D eigenvalue weighted by Crippen LogP contribution is 2.30. The molecule has 1 fully saturated rings. The fraction of sp³-hybridized carbons (Fsp3) is 0.273. The number of nitrogens with one attached hydrogen (secondary N) is 1. The quantitative estimate of drug-likeness (QED) is 0.552. The molecule has 0 atom stereocenters. The monoisotopic (exact) mass is 392 g/mol. The minimum atomic E-state index is -0.0159. The number of nitrogen functional groups attached to an aromatic ring is 1. The van der Waals surface area contributed by atoms with Crippen LogP contribution in [-0.4, -0.2) is 34.4 Å². The maximum Gasteiger partial charge on any atom is 0.227 e. The van der Waals surface area contributed by atoms with Crippen LogP contribution in [0.15, 0.2) is 54.7 Å². The van der Waals surface area contributed by atoms with Crippen molar-refractivity contribution >= 4 is 17.3 Å². The average molecular weight is 392 g/mol. The summed E-state index contributed by atoms with van der Waals surface area (Å²) in [6.45, 7) is 1.43. The molecule has 0 spiro atoms. The van der Waals surface area contributed by atoms with Gasteiger partial charge in [-0.15, -0.1) is 0 Å². The molecule has 3 aromatic rings. The molecule has 1 aliphatic rings. The van der Waals surface area contributed by atoms with Gasteiger partial charge in [0.25, 0.3) is 0 Å². The lowest BCUT2D eigenvalue weighted by molar-refractivity contribution is 0.0259. The molecule has 2 aromatic carbocycles. The van der Waals surface area contributed by atoms with Gasteiger partial charge in [0.2, 0.25) is 5.95 Å². The Morgan fingerprint density at radius 2 is 2.00 bits per heavy atom. The zero-order chi connectivity index (χ0) is 20.1. The van der Waals surface area contributed by atoms with Gasteiger partial charge >= 0.3 is 0 Å². The molecule has 1 aliphatic heterocycles. The maximum absolute atomic E-state index is 9.29. The van der Waals surface area contributed by atoms with E-state index in [9.17, 15) is 5.11 Å². The van der Waals surface area contributed by atoms with Crippen LogP contribution in [0, 0.1) is 0 Å². The van der Waals surface area contributed by atoms with Gasteiger partial charge in [-0.05, 0) is 42.0 Å². The molecule has 4 rings (SSSR count). The second kappa shape index (κ2) is 8.89. The van der Waals surface area contributed by atoms with Crippen LogP contribution in [0.5, 0.6) is 5.75 Å². The molecular formula is C22H24N4O3. The Morgan fingerprint density at radius 1 is 1.14 bits per heavy atom. The molecule has 0 amide bonds. The van der Waals surface area contributed by atoms with Gasteiger partial charge in [-0.1, -0.05) is 12.1 Å². The first-order valence-corrected chi connectivity index (χ1v) is 9.65. The number of benzene rings is 2. The SMILES string of the molecule is Nc1cc(-c2ccnc(Nc3cccc(CO)c3)n2)ccc1OC1CCOCC1. The second-order valence-electron chi connectivity index (χ2n) is 6.93. The van der Waals surface area contributed by atoms with E-state index in [0.29, 0.717) is 17.4 Å². The maximum atomic E-state index is 9.29. The van der Waals surface area contributed by atoms with Crippen LogP contribution in [0.1, 0.15) is 18.4 Å². The van der Waals surface area contributed by atoms with Gasteiger partial charge in [0.15, 0.2) is 0 Å². The summed E-state index contributed by atoms with van der Waals surface area (Å²) in [6, 6.07) is 15.0. The summed E-state index contributed by atoms with van der Waals surface area (Å²) < 4.78 is 11.4. The summed E-state index contributed by atoms with van der Waals surface area (Å²) in [5, 5.41) is 12.5. The molecule has 0 saturated carbocycles. The van der Waals surface area contributed by atoms with Gasteiger partial charge in [-0.3, -0.25) is 0 Å². The van der Waals surface area contributed by atoms with Crippen molar-refractivity contribution in [2.75, 3.05) is 24.3 Å². The van der Waals surface area contributed by atoms with E-state index in [1.165, 1.54) is 0 Å². The van der Waals surface area contributed by atoms with Crippen molar-refractivity contribution in [1.82, 2.24) is 9.97 Å². The molecular weight excluding hydrogens is 368 g/mol. The molecule has 2 heterocycles. The third-order valence-electron chi connectivity index (χ3n) is 4.79. The van der Waals surface area contributed by atoms with Crippen molar-refractivity contribution in [3.8, 4) is 17.0 Å². The number of nitrogens with zero attached hydrogens (tertiary/aromatic N) is 2. The Bertz CT molecular complexity index is 974. The molecule has 29 heavy (non-hydrogen) atoms. The Morgan fingerprint density at radius 3 is 2.79 bits per heavy atom. The molecule has 7 nitrogen and oxygen atoms in total. The predicted octanol–water partition coefficient (Wildman–Crippen LogP) is 3.52. The van der Waals surface area contributed by atoms with Crippen LogP contribution < -0.4 is 15.8 Å². The Balaban J connectivity index is 1.50. The number of ether oxygens (including phenoxy) is 2. The minimum Gasteiger partial charge on any atom is -0.488 e. The molecule has 150 valence electrons. The lowest BCUT2D eigenvalue weighted by atomic mass is 10.1. The molecule has 0 aliphatic carbocycles. The van der Waals surface area contributed by atoms with Crippen LogP contribution in [0.25, 0.3) is 11.3 Å². The second-order valence-corrected chi connectivity index (χ2v) is 6.93. The number of aliphatic hydroxyl groups excluding tert-OH is 1. The summed E-state index contributed by atoms with van der Waals surface area (Å²) in [5.74, 6) is 1.16. The van der Waals surface area contributed by atoms with Crippen molar-refractivity contribution in [2.45, 2.75) is 25.6 Å². The molecule has 1 saturated heterocycles. The fourth-order valence-electron chi connectivity index (χ4n) is 3.24. The minimum absolute atomic E-state index is 0.0159. The summed E-state index contributed by atoms with van der Waals surface area (Å²) in [7, 11) is 0. The van der Waals surface area contributed by atoms with Gasteiger partial charge < -0.3 is 25.6 Å². The van der Waals surface area contributed by atoms with Crippen molar-refractivity contribution in [1.29, 1.82) is 0 Å². The topological polar surface area (TPSA) is 103 Å². The smallest absolute Gasteiger partial charge is 0.227 e. The zero-order valence-electron chi connectivity index (χ0n) is 16.0. The summed E-state index contributed by atoms with van der Waals surface area (Å²) in [5.41, 5.74) is 10.1. The molecule has 0 unspecified atom stereocenters. The van der Waals surface area contributed by atoms with Gasteiger partial charge in [0.1, 0.15) is 11.9 Å². The molecule has 0 radical (unpaired) electrons. The lowest BCUT2D eigenvalue weighted by Crippen LogP contribution is -2.26. The normalized spacial score (nSPS) is 14.5. The van der Waals surface area contributed by atoms with Crippen molar-refractivity contribution in [2.24, 2.45) is 0 Å². The van der Waals surface area contributed by atoms with Gasteiger partial charge in [0.05, 0.1) is 31.2 Å². The van der Waals surface area contributed by atoms with E-state index >= 15 is 0 Å². The van der Waals surface area contributed by atoms with Gasteiger partial charge in [-0.25, -0.2) is 9.97 Å². The zero-order valence-corrected chi connectivity index (χ0v) is 16.0. The highest BCUT2D eigenvalue weighted by molar-refractivity contribution is 5.69. The van der Waals surface area contributed by atoms with E-state index in [4.69, 9.17) is 15.2 Å². The molecule has 1 aromatic heterocycles. The first-order chi connectivity index (χ1) is 14.2.